The fourth-order valence-corrected chi connectivity index (χ4v) is 6.32. The zero-order chi connectivity index (χ0) is 39.8. The number of nitrogen functional groups attached to an aromatic ring is 1. The summed E-state index contributed by atoms with van der Waals surface area (Å²) in [6.45, 7) is 12.1. The van der Waals surface area contributed by atoms with Gasteiger partial charge in [0.1, 0.15) is 29.2 Å². The van der Waals surface area contributed by atoms with Crippen molar-refractivity contribution in [2.24, 2.45) is 11.8 Å². The molecule has 1 amide bonds. The highest BCUT2D eigenvalue weighted by atomic mass is 31.2. The Bertz CT molecular complexity index is 1800. The Morgan fingerprint density at radius 1 is 0.906 bits per heavy atom. The van der Waals surface area contributed by atoms with Gasteiger partial charge in [-0.25, -0.2) is 14.1 Å². The second-order valence-electron chi connectivity index (χ2n) is 13.7. The molecule has 3 N–H and O–H groups in total. The molecular weight excluding hydrogens is 711 g/mol. The third-order valence-corrected chi connectivity index (χ3v) is 9.51. The second-order valence-corrected chi connectivity index (χ2v) is 15.4. The number of fused-ring (bicyclic) bond motifs is 1. The Kier molecular flexibility index (Phi) is 14.5. The summed E-state index contributed by atoms with van der Waals surface area (Å²) in [6, 6.07) is 7.80. The molecule has 0 aliphatic heterocycles. The first-order chi connectivity index (χ1) is 24.7. The van der Waals surface area contributed by atoms with Crippen molar-refractivity contribution in [3.63, 3.8) is 0 Å². The minimum atomic E-state index is -4.55. The average Bonchev–Trinajstić information content (AvgIpc) is 3.53. The highest BCUT2D eigenvalue weighted by molar-refractivity contribution is 7.52. The van der Waals surface area contributed by atoms with Gasteiger partial charge in [-0.1, -0.05) is 27.7 Å². The molecule has 0 spiro atoms. The Balaban J connectivity index is 2.13. The lowest BCUT2D eigenvalue weighted by Gasteiger charge is -2.40. The van der Waals surface area contributed by atoms with Gasteiger partial charge in [-0.2, -0.15) is 10.2 Å². The van der Waals surface area contributed by atoms with Gasteiger partial charge in [0.15, 0.2) is 18.0 Å². The van der Waals surface area contributed by atoms with Crippen molar-refractivity contribution in [1.82, 2.24) is 24.6 Å². The summed E-state index contributed by atoms with van der Waals surface area (Å²) < 4.78 is 51.2. The van der Waals surface area contributed by atoms with Crippen LogP contribution in [0, 0.1) is 11.8 Å². The molecule has 3 rings (SSSR count). The molecule has 0 saturated carbocycles. The predicted molar refractivity (Wildman–Crippen MR) is 194 cm³/mol. The van der Waals surface area contributed by atoms with Crippen LogP contribution in [0.5, 0.6) is 5.75 Å². The number of nitrogens with zero attached hydrogens (tertiary/aromatic N) is 4. The number of nitrogens with one attached hydrogen (secondary N) is 1. The van der Waals surface area contributed by atoms with E-state index in [2.05, 4.69) is 15.2 Å². The first kappa shape index (κ1) is 42.8. The molecule has 1 aromatic carbocycles. The van der Waals surface area contributed by atoms with Crippen molar-refractivity contribution in [1.29, 1.82) is 0 Å². The summed E-state index contributed by atoms with van der Waals surface area (Å²) in [5.41, 5.74) is 5.34. The maximum absolute atomic E-state index is 14.6. The summed E-state index contributed by atoms with van der Waals surface area (Å²) in [5, 5.41) is 6.90. The molecule has 0 fully saturated rings. The zero-order valence-corrected chi connectivity index (χ0v) is 32.9. The molecular formula is C35H51N6O11P. The average molecular weight is 763 g/mol. The number of aromatic nitrogens is 3. The SMILES string of the molecule is CO[C@](C)(COP(=O)(N[C@@H](C)C(=O)OC(C)C)Oc1ccc(C(=O)N(C)C)cc1)[C@@H](OC(=O)C(C)C)[C@@H](OC(=O)C(C)C)c1ccc2c(N)ncnn12. The van der Waals surface area contributed by atoms with Gasteiger partial charge in [0.05, 0.1) is 30.2 Å². The normalized spacial score (nSPS) is 15.7. The summed E-state index contributed by atoms with van der Waals surface area (Å²) in [5.74, 6) is -3.37. The van der Waals surface area contributed by atoms with Crippen molar-refractivity contribution < 1.29 is 51.7 Å². The van der Waals surface area contributed by atoms with E-state index in [9.17, 15) is 23.7 Å². The van der Waals surface area contributed by atoms with E-state index < -0.39 is 74.1 Å². The Morgan fingerprint density at radius 3 is 2.06 bits per heavy atom. The third kappa shape index (κ3) is 11.0. The quantitative estimate of drug-likeness (QED) is 0.105. The maximum atomic E-state index is 14.6. The first-order valence-electron chi connectivity index (χ1n) is 17.0. The summed E-state index contributed by atoms with van der Waals surface area (Å²) in [4.78, 5) is 57.2. The zero-order valence-electron chi connectivity index (χ0n) is 32.0. The summed E-state index contributed by atoms with van der Waals surface area (Å²) in [7, 11) is -0.0410. The topological polar surface area (TPSA) is 212 Å². The summed E-state index contributed by atoms with van der Waals surface area (Å²) in [6.07, 6.45) is -2.10. The number of nitrogens with two attached hydrogens (primary N) is 1. The molecule has 1 unspecified atom stereocenters. The van der Waals surface area contributed by atoms with E-state index in [0.717, 1.165) is 0 Å². The minimum Gasteiger partial charge on any atom is -0.462 e. The maximum Gasteiger partial charge on any atom is 0.459 e. The number of carbonyl (C=O) groups is 4. The van der Waals surface area contributed by atoms with E-state index in [1.54, 1.807) is 67.8 Å². The first-order valence-corrected chi connectivity index (χ1v) is 18.5. The fourth-order valence-electron chi connectivity index (χ4n) is 4.73. The van der Waals surface area contributed by atoms with Crippen LogP contribution in [-0.2, 0) is 42.4 Å². The van der Waals surface area contributed by atoms with Crippen LogP contribution in [0.15, 0.2) is 42.7 Å². The number of methoxy groups -OCH3 is 1. The van der Waals surface area contributed by atoms with E-state index in [1.807, 2.05) is 0 Å². The minimum absolute atomic E-state index is 0.0307. The van der Waals surface area contributed by atoms with Gasteiger partial charge in [-0.3, -0.25) is 23.7 Å². The lowest BCUT2D eigenvalue weighted by atomic mass is 9.92. The Morgan fingerprint density at radius 2 is 1.51 bits per heavy atom. The number of hydrogen-bond donors (Lipinski definition) is 2. The van der Waals surface area contributed by atoms with E-state index in [4.69, 9.17) is 33.7 Å². The molecule has 53 heavy (non-hydrogen) atoms. The van der Waals surface area contributed by atoms with Gasteiger partial charge in [0, 0.05) is 26.8 Å². The molecule has 2 heterocycles. The second kappa shape index (κ2) is 18.0. The Labute approximate surface area is 309 Å². The van der Waals surface area contributed by atoms with Crippen LogP contribution >= 0.6 is 7.75 Å². The van der Waals surface area contributed by atoms with Gasteiger partial charge in [0.25, 0.3) is 5.91 Å². The van der Waals surface area contributed by atoms with E-state index in [1.165, 1.54) is 61.0 Å². The molecule has 0 bridgehead atoms. The number of anilines is 1. The molecule has 0 aliphatic carbocycles. The lowest BCUT2D eigenvalue weighted by molar-refractivity contribution is -0.204. The van der Waals surface area contributed by atoms with Crippen LogP contribution in [0.3, 0.4) is 0 Å². The lowest BCUT2D eigenvalue weighted by Crippen LogP contribution is -2.52. The van der Waals surface area contributed by atoms with Crippen molar-refractivity contribution in [3.05, 3.63) is 54.0 Å². The molecule has 17 nitrogen and oxygen atoms in total. The van der Waals surface area contributed by atoms with Gasteiger partial charge in [-0.05, 0) is 64.1 Å². The molecule has 0 radical (unpaired) electrons. The third-order valence-electron chi connectivity index (χ3n) is 7.89. The van der Waals surface area contributed by atoms with Crippen LogP contribution in [0.2, 0.25) is 0 Å². The highest BCUT2D eigenvalue weighted by Gasteiger charge is 2.49. The van der Waals surface area contributed by atoms with Crippen LogP contribution < -0.4 is 15.3 Å². The van der Waals surface area contributed by atoms with E-state index in [0.29, 0.717) is 11.1 Å². The standard InChI is InChI=1S/C35H51N6O11P/c1-20(2)32(43)50-28(26-16-17-27-30(36)37-19-38-41(26)27)29(51-33(44)21(3)4)35(8,47-11)18-48-53(46,39-23(7)34(45)49-22(5)6)52-25-14-12-24(13-15-25)31(42)40(9)10/h12-17,19-23,28-29H,18H2,1-11H3,(H,39,46)(H2,36,37,38)/t23-,28-,29-,35+,53?/m0/s1. The number of rotatable bonds is 18. The van der Waals surface area contributed by atoms with Gasteiger partial charge in [-0.15, -0.1) is 0 Å². The largest absolute Gasteiger partial charge is 0.462 e. The van der Waals surface area contributed by atoms with Gasteiger partial charge >= 0.3 is 25.7 Å². The fraction of sp³-hybridized carbons (Fsp3) is 0.543. The number of esters is 3. The van der Waals surface area contributed by atoms with Gasteiger partial charge < -0.3 is 34.1 Å². The van der Waals surface area contributed by atoms with E-state index >= 15 is 0 Å². The van der Waals surface area contributed by atoms with Crippen molar-refractivity contribution in [2.45, 2.75) is 85.3 Å². The molecule has 292 valence electrons. The highest BCUT2D eigenvalue weighted by Crippen LogP contribution is 2.47. The van der Waals surface area contributed by atoms with Crippen molar-refractivity contribution in [3.8, 4) is 5.75 Å². The van der Waals surface area contributed by atoms with Crippen LogP contribution in [0.25, 0.3) is 5.52 Å². The smallest absolute Gasteiger partial charge is 0.459 e. The monoisotopic (exact) mass is 762 g/mol. The van der Waals surface area contributed by atoms with Crippen molar-refractivity contribution >= 4 is 42.9 Å². The van der Waals surface area contributed by atoms with Crippen LogP contribution in [-0.4, -0.2) is 95.0 Å². The number of ether oxygens (including phenoxy) is 4. The molecule has 18 heteroatoms. The number of hydrogen-bond acceptors (Lipinski definition) is 14. The molecule has 3 aromatic rings. The van der Waals surface area contributed by atoms with Crippen molar-refractivity contribution in [2.75, 3.05) is 33.5 Å². The molecule has 2 aromatic heterocycles. The number of carbonyl (C=O) groups excluding carboxylic acids is 4. The Hall–Kier alpha value is -4.57. The number of benzene rings is 1. The van der Waals surface area contributed by atoms with E-state index in [-0.39, 0.29) is 23.2 Å². The van der Waals surface area contributed by atoms with Gasteiger partial charge in [0.2, 0.25) is 0 Å². The predicted octanol–water partition coefficient (Wildman–Crippen LogP) is 4.36. The number of amides is 1. The molecule has 0 saturated heterocycles. The van der Waals surface area contributed by atoms with Crippen LogP contribution in [0.4, 0.5) is 5.82 Å². The molecule has 5 atom stereocenters. The summed E-state index contributed by atoms with van der Waals surface area (Å²) >= 11 is 0. The van der Waals surface area contributed by atoms with Crippen LogP contribution in [0.1, 0.15) is 77.5 Å². The molecule has 0 aliphatic rings.